The molecule has 0 radical (unpaired) electrons. The normalized spacial score (nSPS) is 16.1. The number of nitrogens with one attached hydrogen (secondary N) is 1. The van der Waals surface area contributed by atoms with E-state index < -0.39 is 10.0 Å². The average Bonchev–Trinajstić information content (AvgIpc) is 3.24. The van der Waals surface area contributed by atoms with Gasteiger partial charge >= 0.3 is 0 Å². The first-order valence-corrected chi connectivity index (χ1v) is 12.5. The predicted octanol–water partition coefficient (Wildman–Crippen LogP) is 5.09. The number of nitrogens with zero attached hydrogens (tertiary/aromatic N) is 1. The van der Waals surface area contributed by atoms with Gasteiger partial charge in [0, 0.05) is 18.2 Å². The van der Waals surface area contributed by atoms with Gasteiger partial charge in [-0.05, 0) is 92.3 Å². The first kappa shape index (κ1) is 23.0. The fourth-order valence-corrected chi connectivity index (χ4v) is 5.38. The molecule has 1 aliphatic rings. The summed E-state index contributed by atoms with van der Waals surface area (Å²) in [7, 11) is -3.78. The van der Waals surface area contributed by atoms with Gasteiger partial charge in [0.15, 0.2) is 0 Å². The molecule has 1 saturated heterocycles. The third kappa shape index (κ3) is 5.09. The number of halogens is 1. The van der Waals surface area contributed by atoms with Crippen LogP contribution in [0.15, 0.2) is 71.6 Å². The number of carbonyl (C=O) groups excluding carboxylic acids is 1. The zero-order valence-electron chi connectivity index (χ0n) is 18.7. The van der Waals surface area contributed by atoms with E-state index in [1.54, 1.807) is 30.3 Å². The van der Waals surface area contributed by atoms with E-state index in [0.29, 0.717) is 24.2 Å². The van der Waals surface area contributed by atoms with Crippen LogP contribution in [0.1, 0.15) is 39.9 Å². The third-order valence-electron chi connectivity index (χ3n) is 6.26. The molecule has 1 fully saturated rings. The molecule has 1 amide bonds. The molecule has 1 heterocycles. The van der Waals surface area contributed by atoms with Crippen molar-refractivity contribution in [1.82, 2.24) is 4.90 Å². The third-order valence-corrected chi connectivity index (χ3v) is 7.64. The predicted molar refractivity (Wildman–Crippen MR) is 127 cm³/mol. The number of amides is 1. The van der Waals surface area contributed by atoms with E-state index >= 15 is 0 Å². The first-order valence-electron chi connectivity index (χ1n) is 11.0. The molecule has 1 aliphatic heterocycles. The second-order valence-corrected chi connectivity index (χ2v) is 10.2. The summed E-state index contributed by atoms with van der Waals surface area (Å²) in [4.78, 5) is 15.0. The number of aryl methyl sites for hydroxylation is 1. The van der Waals surface area contributed by atoms with Gasteiger partial charge in [-0.25, -0.2) is 12.8 Å². The largest absolute Gasteiger partial charge is 0.335 e. The number of hydrogen-bond acceptors (Lipinski definition) is 3. The van der Waals surface area contributed by atoms with E-state index in [4.69, 9.17) is 0 Å². The van der Waals surface area contributed by atoms with Crippen LogP contribution in [0.4, 0.5) is 10.1 Å². The van der Waals surface area contributed by atoms with Gasteiger partial charge in [-0.2, -0.15) is 0 Å². The van der Waals surface area contributed by atoms with Crippen molar-refractivity contribution < 1.29 is 17.6 Å². The maximum Gasteiger partial charge on any atom is 0.261 e. The number of anilines is 1. The Morgan fingerprint density at radius 2 is 1.79 bits per heavy atom. The Morgan fingerprint density at radius 3 is 2.52 bits per heavy atom. The van der Waals surface area contributed by atoms with E-state index in [2.05, 4.69) is 4.72 Å². The summed E-state index contributed by atoms with van der Waals surface area (Å²) < 4.78 is 41.9. The van der Waals surface area contributed by atoms with Crippen molar-refractivity contribution in [2.75, 3.05) is 11.3 Å². The van der Waals surface area contributed by atoms with Gasteiger partial charge in [0.25, 0.3) is 15.9 Å². The lowest BCUT2D eigenvalue weighted by atomic mass is 10.0. The van der Waals surface area contributed by atoms with Gasteiger partial charge in [0.05, 0.1) is 10.6 Å². The molecule has 3 aromatic carbocycles. The highest BCUT2D eigenvalue weighted by atomic mass is 32.2. The Morgan fingerprint density at radius 1 is 1.06 bits per heavy atom. The number of carbonyl (C=O) groups is 1. The molecule has 5 nitrogen and oxygen atoms in total. The maximum atomic E-state index is 13.5. The summed E-state index contributed by atoms with van der Waals surface area (Å²) >= 11 is 0. The van der Waals surface area contributed by atoms with Gasteiger partial charge in [0.1, 0.15) is 5.82 Å². The van der Waals surface area contributed by atoms with E-state index in [1.807, 2.05) is 30.9 Å². The molecule has 3 aromatic rings. The maximum absolute atomic E-state index is 13.5. The first-order chi connectivity index (χ1) is 15.7. The summed E-state index contributed by atoms with van der Waals surface area (Å²) in [6, 6.07) is 17.9. The zero-order chi connectivity index (χ0) is 23.6. The van der Waals surface area contributed by atoms with Gasteiger partial charge in [-0.1, -0.05) is 24.3 Å². The van der Waals surface area contributed by atoms with Crippen LogP contribution in [0, 0.1) is 19.7 Å². The smallest absolute Gasteiger partial charge is 0.261 e. The van der Waals surface area contributed by atoms with Crippen molar-refractivity contribution in [3.05, 3.63) is 94.8 Å². The highest BCUT2D eigenvalue weighted by Gasteiger charge is 2.29. The topological polar surface area (TPSA) is 66.5 Å². The Balaban J connectivity index is 1.49. The Labute approximate surface area is 194 Å². The summed E-state index contributed by atoms with van der Waals surface area (Å²) in [5.41, 5.74) is 3.69. The van der Waals surface area contributed by atoms with Crippen LogP contribution in [-0.4, -0.2) is 31.8 Å². The number of sulfonamides is 1. The zero-order valence-corrected chi connectivity index (χ0v) is 19.5. The van der Waals surface area contributed by atoms with Gasteiger partial charge in [-0.3, -0.25) is 9.52 Å². The fraction of sp³-hybridized carbons (Fsp3) is 0.269. The quantitative estimate of drug-likeness (QED) is 0.550. The minimum atomic E-state index is -3.78. The molecule has 0 aromatic heterocycles. The van der Waals surface area contributed by atoms with Crippen LogP contribution in [-0.2, 0) is 16.4 Å². The number of benzene rings is 3. The lowest BCUT2D eigenvalue weighted by Gasteiger charge is -2.25. The molecule has 1 atom stereocenters. The summed E-state index contributed by atoms with van der Waals surface area (Å²) in [5, 5.41) is 0. The minimum Gasteiger partial charge on any atom is -0.335 e. The summed E-state index contributed by atoms with van der Waals surface area (Å²) in [5.74, 6) is -0.421. The van der Waals surface area contributed by atoms with Gasteiger partial charge < -0.3 is 4.90 Å². The van der Waals surface area contributed by atoms with Crippen LogP contribution >= 0.6 is 0 Å². The SMILES string of the molecule is Cc1cccc(NS(=O)(=O)c2ccc(C(=O)N3CCCC3Cc3cccc(F)c3)cc2)c1C. The number of rotatable bonds is 6. The second-order valence-electron chi connectivity index (χ2n) is 8.51. The Bertz CT molecular complexity index is 1270. The fourth-order valence-electron chi connectivity index (χ4n) is 4.26. The van der Waals surface area contributed by atoms with Gasteiger partial charge in [0.2, 0.25) is 0 Å². The summed E-state index contributed by atoms with van der Waals surface area (Å²) in [6.07, 6.45) is 2.34. The van der Waals surface area contributed by atoms with Crippen molar-refractivity contribution in [2.24, 2.45) is 0 Å². The Hall–Kier alpha value is -3.19. The number of hydrogen-bond donors (Lipinski definition) is 1. The van der Waals surface area contributed by atoms with Crippen LogP contribution in [0.2, 0.25) is 0 Å². The molecule has 0 saturated carbocycles. The molecule has 33 heavy (non-hydrogen) atoms. The van der Waals surface area contributed by atoms with E-state index in [0.717, 1.165) is 29.5 Å². The highest BCUT2D eigenvalue weighted by Crippen LogP contribution is 2.25. The van der Waals surface area contributed by atoms with E-state index in [-0.39, 0.29) is 22.7 Å². The molecule has 0 spiro atoms. The molecule has 7 heteroatoms. The molecule has 4 rings (SSSR count). The molecule has 0 aliphatic carbocycles. The van der Waals surface area contributed by atoms with Crippen molar-refractivity contribution >= 4 is 21.6 Å². The van der Waals surface area contributed by atoms with Crippen LogP contribution in [0.3, 0.4) is 0 Å². The van der Waals surface area contributed by atoms with Crippen LogP contribution in [0.5, 0.6) is 0 Å². The minimum absolute atomic E-state index is 0.00586. The lowest BCUT2D eigenvalue weighted by molar-refractivity contribution is 0.0736. The monoisotopic (exact) mass is 466 g/mol. The van der Waals surface area contributed by atoms with Crippen molar-refractivity contribution in [3.8, 4) is 0 Å². The summed E-state index contributed by atoms with van der Waals surface area (Å²) in [6.45, 7) is 4.42. The van der Waals surface area contributed by atoms with Crippen LogP contribution < -0.4 is 4.72 Å². The highest BCUT2D eigenvalue weighted by molar-refractivity contribution is 7.92. The van der Waals surface area contributed by atoms with Gasteiger partial charge in [-0.15, -0.1) is 0 Å². The molecule has 0 bridgehead atoms. The van der Waals surface area contributed by atoms with Crippen molar-refractivity contribution in [1.29, 1.82) is 0 Å². The molecule has 172 valence electrons. The van der Waals surface area contributed by atoms with E-state index in [1.165, 1.54) is 24.3 Å². The standard InChI is InChI=1S/C26H27FN2O3S/c1-18-6-3-10-25(19(18)2)28-33(31,32)24-13-11-21(12-14-24)26(30)29-15-5-9-23(29)17-20-7-4-8-22(27)16-20/h3-4,6-8,10-14,16,23,28H,5,9,15,17H2,1-2H3. The molecular formula is C26H27FN2O3S. The van der Waals surface area contributed by atoms with Crippen LogP contribution in [0.25, 0.3) is 0 Å². The molecule has 1 unspecified atom stereocenters. The average molecular weight is 467 g/mol. The molecule has 1 N–H and O–H groups in total. The van der Waals surface area contributed by atoms with Crippen molar-refractivity contribution in [3.63, 3.8) is 0 Å². The molecular weight excluding hydrogens is 439 g/mol. The second kappa shape index (κ2) is 9.35. The Kier molecular flexibility index (Phi) is 6.51. The van der Waals surface area contributed by atoms with Crippen molar-refractivity contribution in [2.45, 2.75) is 44.0 Å². The van der Waals surface area contributed by atoms with E-state index in [9.17, 15) is 17.6 Å². The number of likely N-dealkylation sites (tertiary alicyclic amines) is 1. The lowest BCUT2D eigenvalue weighted by Crippen LogP contribution is -2.36.